The number of hydrogen-bond acceptors (Lipinski definition) is 5. The molecular formula is C29H29N3O3S2. The van der Waals surface area contributed by atoms with Crippen molar-refractivity contribution in [3.8, 4) is 10.4 Å². The number of nitrogens with one attached hydrogen (secondary N) is 1. The minimum Gasteiger partial charge on any atom is -0.321 e. The van der Waals surface area contributed by atoms with Crippen LogP contribution in [-0.4, -0.2) is 36.7 Å². The molecule has 1 fully saturated rings. The molecule has 1 aromatic heterocycles. The van der Waals surface area contributed by atoms with Gasteiger partial charge in [0.1, 0.15) is 5.69 Å². The standard InChI is InChI=1S/C29H29N3O3S2/c1-21-30-27(28(36-21)24-10-6-3-7-11-24)29(33)31-25-12-14-26(15-13-25)37(34,35)32-18-16-23(17-19-32)20-22-8-4-2-5-9-22/h2-15,23H,16-20H2,1H3,(H,31,33). The van der Waals surface area contributed by atoms with Gasteiger partial charge in [0.25, 0.3) is 5.91 Å². The zero-order chi connectivity index (χ0) is 25.8. The summed E-state index contributed by atoms with van der Waals surface area (Å²) in [5.41, 5.74) is 3.12. The van der Waals surface area contributed by atoms with Crippen LogP contribution in [0.4, 0.5) is 5.69 Å². The molecule has 1 N–H and O–H groups in total. The Hall–Kier alpha value is -3.33. The van der Waals surface area contributed by atoms with Crippen LogP contribution in [0.15, 0.2) is 89.8 Å². The van der Waals surface area contributed by atoms with Crippen LogP contribution in [0.2, 0.25) is 0 Å². The number of hydrogen-bond donors (Lipinski definition) is 1. The highest BCUT2D eigenvalue weighted by atomic mass is 32.2. The molecule has 1 saturated heterocycles. The molecule has 0 aliphatic carbocycles. The first-order valence-electron chi connectivity index (χ1n) is 12.4. The van der Waals surface area contributed by atoms with Crippen LogP contribution in [0.1, 0.15) is 33.9 Å². The molecule has 190 valence electrons. The van der Waals surface area contributed by atoms with E-state index in [2.05, 4.69) is 22.4 Å². The number of anilines is 1. The maximum absolute atomic E-state index is 13.2. The lowest BCUT2D eigenvalue weighted by Crippen LogP contribution is -2.38. The van der Waals surface area contributed by atoms with Gasteiger partial charge < -0.3 is 5.32 Å². The van der Waals surface area contributed by atoms with Crippen molar-refractivity contribution in [3.05, 3.63) is 101 Å². The number of aromatic nitrogens is 1. The van der Waals surface area contributed by atoms with Crippen molar-refractivity contribution in [3.63, 3.8) is 0 Å². The molecule has 1 amide bonds. The second-order valence-electron chi connectivity index (χ2n) is 9.29. The highest BCUT2D eigenvalue weighted by molar-refractivity contribution is 7.89. The van der Waals surface area contributed by atoms with Crippen LogP contribution in [-0.2, 0) is 16.4 Å². The highest BCUT2D eigenvalue weighted by Crippen LogP contribution is 2.31. The smallest absolute Gasteiger partial charge is 0.275 e. The van der Waals surface area contributed by atoms with Gasteiger partial charge in [-0.2, -0.15) is 4.31 Å². The van der Waals surface area contributed by atoms with Gasteiger partial charge in [-0.05, 0) is 67.5 Å². The number of amides is 1. The number of aryl methyl sites for hydroxylation is 1. The molecule has 0 saturated carbocycles. The molecule has 5 rings (SSSR count). The molecule has 4 aromatic rings. The molecule has 8 heteroatoms. The van der Waals surface area contributed by atoms with E-state index in [1.807, 2.05) is 55.5 Å². The monoisotopic (exact) mass is 531 g/mol. The topological polar surface area (TPSA) is 79.4 Å². The lowest BCUT2D eigenvalue weighted by atomic mass is 9.91. The fraction of sp³-hybridized carbons (Fsp3) is 0.241. The average Bonchev–Trinajstić information content (AvgIpc) is 3.32. The normalized spacial score (nSPS) is 14.9. The number of carbonyl (C=O) groups excluding carboxylic acids is 1. The van der Waals surface area contributed by atoms with Crippen LogP contribution in [0.5, 0.6) is 0 Å². The Bertz CT molecular complexity index is 1460. The number of carbonyl (C=O) groups is 1. The fourth-order valence-electron chi connectivity index (χ4n) is 4.72. The Kier molecular flexibility index (Phi) is 7.50. The molecule has 3 aromatic carbocycles. The Morgan fingerprint density at radius 3 is 2.22 bits per heavy atom. The largest absolute Gasteiger partial charge is 0.321 e. The van der Waals surface area contributed by atoms with Gasteiger partial charge in [0.05, 0.1) is 14.8 Å². The van der Waals surface area contributed by atoms with E-state index < -0.39 is 10.0 Å². The number of sulfonamides is 1. The van der Waals surface area contributed by atoms with Gasteiger partial charge in [-0.15, -0.1) is 11.3 Å². The summed E-state index contributed by atoms with van der Waals surface area (Å²) in [4.78, 5) is 18.5. The molecule has 1 aliphatic heterocycles. The summed E-state index contributed by atoms with van der Waals surface area (Å²) in [6.45, 7) is 2.91. The van der Waals surface area contributed by atoms with E-state index in [9.17, 15) is 13.2 Å². The Morgan fingerprint density at radius 2 is 1.57 bits per heavy atom. The van der Waals surface area contributed by atoms with Crippen molar-refractivity contribution < 1.29 is 13.2 Å². The lowest BCUT2D eigenvalue weighted by molar-refractivity contribution is 0.102. The first-order chi connectivity index (χ1) is 17.9. The summed E-state index contributed by atoms with van der Waals surface area (Å²) in [7, 11) is -3.59. The molecule has 2 heterocycles. The number of rotatable bonds is 7. The minimum absolute atomic E-state index is 0.237. The van der Waals surface area contributed by atoms with Gasteiger partial charge >= 0.3 is 0 Å². The molecule has 1 aliphatic rings. The third kappa shape index (κ3) is 5.82. The highest BCUT2D eigenvalue weighted by Gasteiger charge is 2.29. The van der Waals surface area contributed by atoms with Crippen molar-refractivity contribution in [2.75, 3.05) is 18.4 Å². The van der Waals surface area contributed by atoms with Gasteiger partial charge in [0.2, 0.25) is 10.0 Å². The number of nitrogens with zero attached hydrogens (tertiary/aromatic N) is 2. The molecule has 0 unspecified atom stereocenters. The van der Waals surface area contributed by atoms with Crippen molar-refractivity contribution >= 4 is 33.0 Å². The SMILES string of the molecule is Cc1nc(C(=O)Nc2ccc(S(=O)(=O)N3CCC(Cc4ccccc4)CC3)cc2)c(-c2ccccc2)s1. The first kappa shape index (κ1) is 25.3. The van der Waals surface area contributed by atoms with Crippen LogP contribution in [0, 0.1) is 12.8 Å². The molecule has 0 bridgehead atoms. The van der Waals surface area contributed by atoms with Crippen LogP contribution in [0.3, 0.4) is 0 Å². The molecular weight excluding hydrogens is 502 g/mol. The van der Waals surface area contributed by atoms with Crippen LogP contribution >= 0.6 is 11.3 Å². The van der Waals surface area contributed by atoms with E-state index in [0.717, 1.165) is 34.7 Å². The number of benzene rings is 3. The van der Waals surface area contributed by atoms with Gasteiger partial charge in [-0.3, -0.25) is 4.79 Å². The Balaban J connectivity index is 1.23. The van der Waals surface area contributed by atoms with Crippen LogP contribution in [0.25, 0.3) is 10.4 Å². The fourth-order valence-corrected chi connectivity index (χ4v) is 7.11. The van der Waals surface area contributed by atoms with Crippen molar-refractivity contribution in [1.82, 2.24) is 9.29 Å². The zero-order valence-corrected chi connectivity index (χ0v) is 22.3. The van der Waals surface area contributed by atoms with E-state index >= 15 is 0 Å². The second-order valence-corrected chi connectivity index (χ2v) is 12.4. The van der Waals surface area contributed by atoms with E-state index in [1.54, 1.807) is 28.6 Å². The molecule has 37 heavy (non-hydrogen) atoms. The molecule has 0 radical (unpaired) electrons. The molecule has 0 atom stereocenters. The predicted octanol–water partition coefficient (Wildman–Crippen LogP) is 6.01. The summed E-state index contributed by atoms with van der Waals surface area (Å²) >= 11 is 1.47. The Labute approximate surface area is 222 Å². The lowest BCUT2D eigenvalue weighted by Gasteiger charge is -2.31. The van der Waals surface area contributed by atoms with E-state index in [4.69, 9.17) is 0 Å². The summed E-state index contributed by atoms with van der Waals surface area (Å²) in [6.07, 6.45) is 2.67. The van der Waals surface area contributed by atoms with E-state index in [1.165, 1.54) is 16.9 Å². The van der Waals surface area contributed by atoms with Crippen LogP contribution < -0.4 is 5.32 Å². The van der Waals surface area contributed by atoms with Gasteiger partial charge in [-0.1, -0.05) is 60.7 Å². The summed E-state index contributed by atoms with van der Waals surface area (Å²) in [6, 6.07) is 26.4. The third-order valence-corrected chi connectivity index (χ3v) is 9.61. The maximum atomic E-state index is 13.2. The molecule has 6 nitrogen and oxygen atoms in total. The third-order valence-electron chi connectivity index (χ3n) is 6.68. The zero-order valence-electron chi connectivity index (χ0n) is 20.6. The van der Waals surface area contributed by atoms with E-state index in [0.29, 0.717) is 30.4 Å². The first-order valence-corrected chi connectivity index (χ1v) is 14.6. The summed E-state index contributed by atoms with van der Waals surface area (Å²) in [5.74, 6) is 0.167. The summed E-state index contributed by atoms with van der Waals surface area (Å²) in [5, 5.41) is 3.67. The Morgan fingerprint density at radius 1 is 0.946 bits per heavy atom. The predicted molar refractivity (Wildman–Crippen MR) is 148 cm³/mol. The van der Waals surface area contributed by atoms with Crippen molar-refractivity contribution in [2.24, 2.45) is 5.92 Å². The average molecular weight is 532 g/mol. The second kappa shape index (κ2) is 11.0. The van der Waals surface area contributed by atoms with Gasteiger partial charge in [-0.25, -0.2) is 13.4 Å². The maximum Gasteiger partial charge on any atom is 0.275 e. The number of thiazole rings is 1. The van der Waals surface area contributed by atoms with Gasteiger partial charge in [0, 0.05) is 18.8 Å². The number of piperidine rings is 1. The quantitative estimate of drug-likeness (QED) is 0.317. The van der Waals surface area contributed by atoms with Crippen molar-refractivity contribution in [1.29, 1.82) is 0 Å². The molecule has 0 spiro atoms. The summed E-state index contributed by atoms with van der Waals surface area (Å²) < 4.78 is 28.1. The van der Waals surface area contributed by atoms with Gasteiger partial charge in [0.15, 0.2) is 0 Å². The minimum atomic E-state index is -3.59. The van der Waals surface area contributed by atoms with Crippen molar-refractivity contribution in [2.45, 2.75) is 31.1 Å². The van der Waals surface area contributed by atoms with E-state index in [-0.39, 0.29) is 10.8 Å².